The molecule has 0 saturated heterocycles. The van der Waals surface area contributed by atoms with E-state index in [-0.39, 0.29) is 25.4 Å². The molecule has 0 spiro atoms. The van der Waals surface area contributed by atoms with Crippen LogP contribution in [0.5, 0.6) is 5.75 Å². The third-order valence-corrected chi connectivity index (χ3v) is 2.61. The van der Waals surface area contributed by atoms with Gasteiger partial charge in [0.2, 0.25) is 5.91 Å². The Morgan fingerprint density at radius 1 is 1.25 bits per heavy atom. The Bertz CT molecular complexity index is 421. The lowest BCUT2D eigenvalue weighted by Gasteiger charge is -2.13. The highest BCUT2D eigenvalue weighted by atomic mass is 16.5. The maximum Gasteiger partial charge on any atom is 0.326 e. The number of carbonyl (C=O) groups is 2. The Kier molecular flexibility index (Phi) is 7.13. The number of nitrogens with one attached hydrogen (secondary N) is 1. The molecule has 3 N–H and O–H groups in total. The minimum Gasteiger partial charge on any atom is -0.494 e. The zero-order valence-electron chi connectivity index (χ0n) is 11.1. The largest absolute Gasteiger partial charge is 0.494 e. The molecule has 0 radical (unpaired) electrons. The fourth-order valence-electron chi connectivity index (χ4n) is 1.59. The number of aliphatic hydroxyl groups excluding tert-OH is 1. The Labute approximate surface area is 117 Å². The molecular weight excluding hydrogens is 262 g/mol. The number of carbonyl (C=O) groups excluding carboxylic acids is 1. The summed E-state index contributed by atoms with van der Waals surface area (Å²) >= 11 is 0. The van der Waals surface area contributed by atoms with E-state index in [4.69, 9.17) is 14.9 Å². The van der Waals surface area contributed by atoms with Gasteiger partial charge in [0.25, 0.3) is 0 Å². The molecule has 0 aliphatic heterocycles. The van der Waals surface area contributed by atoms with Crippen molar-refractivity contribution in [2.45, 2.75) is 25.3 Å². The molecule has 6 heteroatoms. The normalized spacial score (nSPS) is 11.7. The predicted molar refractivity (Wildman–Crippen MR) is 72.4 cm³/mol. The average Bonchev–Trinajstić information content (AvgIpc) is 2.44. The number of benzene rings is 1. The minimum atomic E-state index is -1.15. The first-order valence-corrected chi connectivity index (χ1v) is 6.44. The summed E-state index contributed by atoms with van der Waals surface area (Å²) in [7, 11) is 0. The molecule has 0 aliphatic rings. The maximum atomic E-state index is 11.5. The second kappa shape index (κ2) is 8.92. The zero-order valence-corrected chi connectivity index (χ0v) is 11.1. The monoisotopic (exact) mass is 281 g/mol. The molecule has 0 aromatic heterocycles. The van der Waals surface area contributed by atoms with E-state index in [0.29, 0.717) is 13.0 Å². The highest BCUT2D eigenvalue weighted by molar-refractivity contribution is 5.83. The SMILES string of the molecule is O=C(CCCOc1ccccc1)N[C@H](CCO)C(=O)O. The molecule has 0 unspecified atom stereocenters. The Hall–Kier alpha value is -2.08. The van der Waals surface area contributed by atoms with Gasteiger partial charge in [-0.3, -0.25) is 4.79 Å². The predicted octanol–water partition coefficient (Wildman–Crippen LogP) is 0.797. The Morgan fingerprint density at radius 2 is 1.95 bits per heavy atom. The summed E-state index contributed by atoms with van der Waals surface area (Å²) in [5.41, 5.74) is 0. The number of hydrogen-bond donors (Lipinski definition) is 3. The van der Waals surface area contributed by atoms with Crippen LogP contribution in [0.2, 0.25) is 0 Å². The van der Waals surface area contributed by atoms with E-state index in [1.165, 1.54) is 0 Å². The number of hydrogen-bond acceptors (Lipinski definition) is 4. The average molecular weight is 281 g/mol. The second-order valence-corrected chi connectivity index (χ2v) is 4.24. The summed E-state index contributed by atoms with van der Waals surface area (Å²) in [6.45, 7) is 0.101. The molecule has 0 heterocycles. The first kappa shape index (κ1) is 16.0. The van der Waals surface area contributed by atoms with E-state index in [9.17, 15) is 9.59 Å². The van der Waals surface area contributed by atoms with E-state index in [0.717, 1.165) is 5.75 Å². The topological polar surface area (TPSA) is 95.9 Å². The zero-order chi connectivity index (χ0) is 14.8. The van der Waals surface area contributed by atoms with E-state index in [2.05, 4.69) is 5.32 Å². The molecule has 0 bridgehead atoms. The molecule has 1 rings (SSSR count). The summed E-state index contributed by atoms with van der Waals surface area (Å²) in [5.74, 6) is -0.771. The number of carboxylic acids is 1. The van der Waals surface area contributed by atoms with Gasteiger partial charge < -0.3 is 20.3 Å². The fraction of sp³-hybridized carbons (Fsp3) is 0.429. The number of rotatable bonds is 9. The van der Waals surface area contributed by atoms with Crippen molar-refractivity contribution < 1.29 is 24.5 Å². The van der Waals surface area contributed by atoms with Gasteiger partial charge in [0, 0.05) is 19.4 Å². The Balaban J connectivity index is 2.21. The van der Waals surface area contributed by atoms with Crippen LogP contribution in [0.3, 0.4) is 0 Å². The molecule has 0 fully saturated rings. The van der Waals surface area contributed by atoms with Crippen molar-refractivity contribution in [2.75, 3.05) is 13.2 Å². The van der Waals surface area contributed by atoms with Crippen molar-refractivity contribution in [1.82, 2.24) is 5.32 Å². The summed E-state index contributed by atoms with van der Waals surface area (Å²) in [4.78, 5) is 22.3. The highest BCUT2D eigenvalue weighted by Crippen LogP contribution is 2.08. The lowest BCUT2D eigenvalue weighted by atomic mass is 10.2. The van der Waals surface area contributed by atoms with Crippen molar-refractivity contribution in [3.05, 3.63) is 30.3 Å². The smallest absolute Gasteiger partial charge is 0.326 e. The van der Waals surface area contributed by atoms with Crippen LogP contribution >= 0.6 is 0 Å². The van der Waals surface area contributed by atoms with Crippen molar-refractivity contribution in [1.29, 1.82) is 0 Å². The number of carboxylic acid groups (broad SMARTS) is 1. The molecule has 110 valence electrons. The van der Waals surface area contributed by atoms with E-state index >= 15 is 0 Å². The van der Waals surface area contributed by atoms with Crippen LogP contribution in [0.4, 0.5) is 0 Å². The van der Waals surface area contributed by atoms with Crippen LogP contribution in [0.1, 0.15) is 19.3 Å². The second-order valence-electron chi connectivity index (χ2n) is 4.24. The quantitative estimate of drug-likeness (QED) is 0.582. The van der Waals surface area contributed by atoms with Gasteiger partial charge >= 0.3 is 5.97 Å². The molecule has 0 aliphatic carbocycles. The molecular formula is C14H19NO5. The van der Waals surface area contributed by atoms with Gasteiger partial charge in [-0.1, -0.05) is 18.2 Å². The maximum absolute atomic E-state index is 11.5. The van der Waals surface area contributed by atoms with Crippen molar-refractivity contribution in [3.8, 4) is 5.75 Å². The van der Waals surface area contributed by atoms with Crippen molar-refractivity contribution in [3.63, 3.8) is 0 Å². The van der Waals surface area contributed by atoms with Crippen LogP contribution < -0.4 is 10.1 Å². The van der Waals surface area contributed by atoms with Crippen LogP contribution in [-0.4, -0.2) is 41.3 Å². The number of ether oxygens (including phenoxy) is 1. The van der Waals surface area contributed by atoms with Gasteiger partial charge in [0.05, 0.1) is 6.61 Å². The number of aliphatic hydroxyl groups is 1. The summed E-state index contributed by atoms with van der Waals surface area (Å²) < 4.78 is 5.42. The highest BCUT2D eigenvalue weighted by Gasteiger charge is 2.18. The minimum absolute atomic E-state index is 0.00158. The summed E-state index contributed by atoms with van der Waals surface area (Å²) in [6.07, 6.45) is 0.676. The molecule has 0 saturated carbocycles. The lowest BCUT2D eigenvalue weighted by molar-refractivity contribution is -0.142. The molecule has 1 aromatic carbocycles. The molecule has 1 amide bonds. The van der Waals surface area contributed by atoms with Gasteiger partial charge in [-0.05, 0) is 18.6 Å². The molecule has 1 atom stereocenters. The standard InChI is InChI=1S/C14H19NO5/c16-9-8-12(14(18)19)15-13(17)7-4-10-20-11-5-2-1-3-6-11/h1-3,5-6,12,16H,4,7-10H2,(H,15,17)(H,18,19)/t12-/m1/s1. The van der Waals surface area contributed by atoms with Crippen LogP contribution in [-0.2, 0) is 9.59 Å². The first-order chi connectivity index (χ1) is 9.63. The van der Waals surface area contributed by atoms with Gasteiger partial charge in [-0.2, -0.15) is 0 Å². The molecule has 20 heavy (non-hydrogen) atoms. The van der Waals surface area contributed by atoms with Gasteiger partial charge in [-0.25, -0.2) is 4.79 Å². The van der Waals surface area contributed by atoms with Gasteiger partial charge in [0.1, 0.15) is 11.8 Å². The number of para-hydroxylation sites is 1. The Morgan fingerprint density at radius 3 is 2.55 bits per heavy atom. The third-order valence-electron chi connectivity index (χ3n) is 2.61. The van der Waals surface area contributed by atoms with Crippen molar-refractivity contribution in [2.24, 2.45) is 0 Å². The fourth-order valence-corrected chi connectivity index (χ4v) is 1.59. The van der Waals surface area contributed by atoms with Crippen LogP contribution in [0.25, 0.3) is 0 Å². The number of amides is 1. The molecule has 1 aromatic rings. The lowest BCUT2D eigenvalue weighted by Crippen LogP contribution is -2.41. The van der Waals surface area contributed by atoms with Crippen LogP contribution in [0, 0.1) is 0 Å². The summed E-state index contributed by atoms with van der Waals surface area (Å²) in [5, 5.41) is 19.9. The summed E-state index contributed by atoms with van der Waals surface area (Å²) in [6, 6.07) is 8.20. The molecule has 6 nitrogen and oxygen atoms in total. The van der Waals surface area contributed by atoms with Crippen molar-refractivity contribution >= 4 is 11.9 Å². The van der Waals surface area contributed by atoms with E-state index < -0.39 is 12.0 Å². The van der Waals surface area contributed by atoms with Crippen LogP contribution in [0.15, 0.2) is 30.3 Å². The number of aliphatic carboxylic acids is 1. The van der Waals surface area contributed by atoms with Gasteiger partial charge in [-0.15, -0.1) is 0 Å². The first-order valence-electron chi connectivity index (χ1n) is 6.44. The van der Waals surface area contributed by atoms with E-state index in [1.54, 1.807) is 0 Å². The van der Waals surface area contributed by atoms with Gasteiger partial charge in [0.15, 0.2) is 0 Å². The van der Waals surface area contributed by atoms with E-state index in [1.807, 2.05) is 30.3 Å². The third kappa shape index (κ3) is 6.19.